The average Bonchev–Trinajstić information content (AvgIpc) is 3.09. The van der Waals surface area contributed by atoms with Gasteiger partial charge in [-0.05, 0) is 42.0 Å². The highest BCUT2D eigenvalue weighted by molar-refractivity contribution is 7.89. The molecule has 1 N–H and O–H groups in total. The second-order valence-electron chi connectivity index (χ2n) is 5.87. The number of tetrazole rings is 1. The maximum Gasteiger partial charge on any atom is 0.270 e. The molecule has 0 spiro atoms. The van der Waals surface area contributed by atoms with Crippen molar-refractivity contribution in [3.8, 4) is 5.69 Å². The summed E-state index contributed by atoms with van der Waals surface area (Å²) in [5.74, 6) is 0.283. The molecule has 0 atom stereocenters. The number of nitro groups is 1. The number of nitrogens with zero attached hydrogens (tertiary/aromatic N) is 5. The zero-order valence-corrected chi connectivity index (χ0v) is 15.3. The average molecular weight is 388 g/mol. The van der Waals surface area contributed by atoms with E-state index in [1.807, 2.05) is 31.2 Å². The van der Waals surface area contributed by atoms with E-state index in [4.69, 9.17) is 0 Å². The Morgan fingerprint density at radius 2 is 1.85 bits per heavy atom. The van der Waals surface area contributed by atoms with E-state index in [1.165, 1.54) is 16.8 Å². The molecular formula is C16H16N6O4S. The summed E-state index contributed by atoms with van der Waals surface area (Å²) in [6, 6.07) is 11.1. The molecule has 0 radical (unpaired) electrons. The van der Waals surface area contributed by atoms with E-state index in [-0.39, 0.29) is 23.0 Å². The van der Waals surface area contributed by atoms with Crippen LogP contribution in [-0.4, -0.2) is 33.5 Å². The first kappa shape index (κ1) is 18.6. The number of hydrogen-bond acceptors (Lipinski definition) is 7. The molecule has 1 heterocycles. The molecule has 140 valence electrons. The maximum absolute atomic E-state index is 12.6. The van der Waals surface area contributed by atoms with Crippen LogP contribution in [-0.2, 0) is 16.6 Å². The van der Waals surface area contributed by atoms with Crippen LogP contribution in [0.2, 0.25) is 0 Å². The molecule has 0 aliphatic rings. The van der Waals surface area contributed by atoms with Gasteiger partial charge in [0, 0.05) is 12.1 Å². The molecule has 3 rings (SSSR count). The van der Waals surface area contributed by atoms with Crippen molar-refractivity contribution in [2.75, 3.05) is 0 Å². The molecule has 0 bridgehead atoms. The number of sulfonamides is 1. The summed E-state index contributed by atoms with van der Waals surface area (Å²) < 4.78 is 29.0. The molecule has 2 aromatic carbocycles. The van der Waals surface area contributed by atoms with Gasteiger partial charge in [0.1, 0.15) is 0 Å². The van der Waals surface area contributed by atoms with Crippen LogP contribution in [0.3, 0.4) is 0 Å². The Morgan fingerprint density at radius 3 is 2.52 bits per heavy atom. The van der Waals surface area contributed by atoms with Crippen LogP contribution in [0, 0.1) is 24.0 Å². The summed E-state index contributed by atoms with van der Waals surface area (Å²) >= 11 is 0. The fraction of sp³-hybridized carbons (Fsp3) is 0.188. The second-order valence-corrected chi connectivity index (χ2v) is 7.61. The molecule has 1 aromatic heterocycles. The van der Waals surface area contributed by atoms with Crippen LogP contribution in [0.5, 0.6) is 0 Å². The van der Waals surface area contributed by atoms with E-state index in [1.54, 1.807) is 6.92 Å². The lowest BCUT2D eigenvalue weighted by Crippen LogP contribution is -2.25. The lowest BCUT2D eigenvalue weighted by molar-refractivity contribution is -0.385. The molecule has 0 saturated heterocycles. The van der Waals surface area contributed by atoms with Crippen molar-refractivity contribution in [1.82, 2.24) is 24.9 Å². The molecule has 11 heteroatoms. The van der Waals surface area contributed by atoms with Crippen molar-refractivity contribution in [3.05, 3.63) is 69.5 Å². The molecule has 0 fully saturated rings. The standard InChI is InChI=1S/C16H16N6O4S/c1-11-3-6-13(7-4-11)21-16(18-19-20-21)10-17-27(25,26)15-9-14(22(23)24)8-5-12(15)2/h3-9,17H,10H2,1-2H3. The van der Waals surface area contributed by atoms with E-state index in [9.17, 15) is 18.5 Å². The van der Waals surface area contributed by atoms with Crippen LogP contribution >= 0.6 is 0 Å². The first-order chi connectivity index (χ1) is 12.8. The van der Waals surface area contributed by atoms with Gasteiger partial charge >= 0.3 is 0 Å². The summed E-state index contributed by atoms with van der Waals surface area (Å²) in [5.41, 5.74) is 1.85. The number of non-ortho nitro benzene ring substituents is 1. The SMILES string of the molecule is Cc1ccc(-n2nnnc2CNS(=O)(=O)c2cc([N+](=O)[O-])ccc2C)cc1. The fourth-order valence-electron chi connectivity index (χ4n) is 2.43. The summed E-state index contributed by atoms with van der Waals surface area (Å²) in [6.07, 6.45) is 0. The Kier molecular flexibility index (Phi) is 4.97. The van der Waals surface area contributed by atoms with Gasteiger partial charge in [-0.15, -0.1) is 5.10 Å². The number of nitro benzene ring substituents is 1. The Balaban J connectivity index is 1.85. The van der Waals surface area contributed by atoms with Crippen LogP contribution in [0.25, 0.3) is 5.69 Å². The molecule has 0 aliphatic heterocycles. The minimum atomic E-state index is -3.99. The lowest BCUT2D eigenvalue weighted by atomic mass is 10.2. The summed E-state index contributed by atoms with van der Waals surface area (Å²) in [7, 11) is -3.99. The van der Waals surface area contributed by atoms with E-state index in [2.05, 4.69) is 20.2 Å². The Labute approximate surface area is 155 Å². The van der Waals surface area contributed by atoms with Gasteiger partial charge in [-0.3, -0.25) is 10.1 Å². The Bertz CT molecular complexity index is 1090. The number of aryl methyl sites for hydroxylation is 2. The van der Waals surface area contributed by atoms with Crippen molar-refractivity contribution >= 4 is 15.7 Å². The van der Waals surface area contributed by atoms with E-state index >= 15 is 0 Å². The number of nitrogens with one attached hydrogen (secondary N) is 1. The number of rotatable bonds is 6. The molecule has 0 amide bonds. The predicted octanol–water partition coefficient (Wildman–Crippen LogP) is 1.67. The highest BCUT2D eigenvalue weighted by Crippen LogP contribution is 2.21. The third-order valence-corrected chi connectivity index (χ3v) is 5.45. The molecule has 10 nitrogen and oxygen atoms in total. The highest BCUT2D eigenvalue weighted by atomic mass is 32.2. The van der Waals surface area contributed by atoms with Gasteiger partial charge in [0.05, 0.1) is 22.1 Å². The number of aromatic nitrogens is 4. The van der Waals surface area contributed by atoms with Crippen molar-refractivity contribution in [3.63, 3.8) is 0 Å². The van der Waals surface area contributed by atoms with E-state index in [0.717, 1.165) is 11.6 Å². The van der Waals surface area contributed by atoms with Gasteiger partial charge < -0.3 is 0 Å². The van der Waals surface area contributed by atoms with Crippen molar-refractivity contribution < 1.29 is 13.3 Å². The molecule has 27 heavy (non-hydrogen) atoms. The van der Waals surface area contributed by atoms with Gasteiger partial charge in [-0.25, -0.2) is 13.1 Å². The van der Waals surface area contributed by atoms with Gasteiger partial charge in [-0.1, -0.05) is 23.8 Å². The van der Waals surface area contributed by atoms with E-state index < -0.39 is 14.9 Å². The van der Waals surface area contributed by atoms with Gasteiger partial charge in [0.15, 0.2) is 5.82 Å². The zero-order valence-electron chi connectivity index (χ0n) is 14.5. The second kappa shape index (κ2) is 7.21. The Hall–Kier alpha value is -3.18. The van der Waals surface area contributed by atoms with Crippen LogP contribution in [0.15, 0.2) is 47.4 Å². The molecule has 0 unspecified atom stereocenters. The van der Waals surface area contributed by atoms with Crippen molar-refractivity contribution in [1.29, 1.82) is 0 Å². The lowest BCUT2D eigenvalue weighted by Gasteiger charge is -2.09. The smallest absolute Gasteiger partial charge is 0.258 e. The minimum absolute atomic E-state index is 0.161. The summed E-state index contributed by atoms with van der Waals surface area (Å²) in [5, 5.41) is 22.2. The van der Waals surface area contributed by atoms with Gasteiger partial charge in [-0.2, -0.15) is 4.68 Å². The third-order valence-electron chi connectivity index (χ3n) is 3.90. The predicted molar refractivity (Wildman–Crippen MR) is 95.7 cm³/mol. The molecule has 3 aromatic rings. The third kappa shape index (κ3) is 3.99. The first-order valence-electron chi connectivity index (χ1n) is 7.87. The van der Waals surface area contributed by atoms with Gasteiger partial charge in [0.2, 0.25) is 10.0 Å². The summed E-state index contributed by atoms with van der Waals surface area (Å²) in [4.78, 5) is 10.1. The zero-order chi connectivity index (χ0) is 19.6. The normalized spacial score (nSPS) is 11.5. The van der Waals surface area contributed by atoms with E-state index in [0.29, 0.717) is 11.3 Å². The largest absolute Gasteiger partial charge is 0.270 e. The van der Waals surface area contributed by atoms with Crippen LogP contribution in [0.1, 0.15) is 17.0 Å². The highest BCUT2D eigenvalue weighted by Gasteiger charge is 2.21. The topological polar surface area (TPSA) is 133 Å². The molecular weight excluding hydrogens is 372 g/mol. The Morgan fingerprint density at radius 1 is 1.15 bits per heavy atom. The minimum Gasteiger partial charge on any atom is -0.258 e. The number of benzene rings is 2. The molecule has 0 saturated carbocycles. The quantitative estimate of drug-likeness (QED) is 0.501. The van der Waals surface area contributed by atoms with Crippen molar-refractivity contribution in [2.24, 2.45) is 0 Å². The molecule has 0 aliphatic carbocycles. The first-order valence-corrected chi connectivity index (χ1v) is 9.35. The summed E-state index contributed by atoms with van der Waals surface area (Å²) in [6.45, 7) is 3.33. The maximum atomic E-state index is 12.6. The monoisotopic (exact) mass is 388 g/mol. The van der Waals surface area contributed by atoms with Crippen LogP contribution < -0.4 is 4.72 Å². The fourth-order valence-corrected chi connectivity index (χ4v) is 3.67. The van der Waals surface area contributed by atoms with Crippen LogP contribution in [0.4, 0.5) is 5.69 Å². The van der Waals surface area contributed by atoms with Gasteiger partial charge in [0.25, 0.3) is 5.69 Å². The van der Waals surface area contributed by atoms with Crippen molar-refractivity contribution in [2.45, 2.75) is 25.3 Å². The number of hydrogen-bond donors (Lipinski definition) is 1.